The van der Waals surface area contributed by atoms with Crippen LogP contribution in [-0.4, -0.2) is 89.6 Å². The number of aryl methyl sites for hydroxylation is 1. The van der Waals surface area contributed by atoms with Crippen molar-refractivity contribution in [3.63, 3.8) is 0 Å². The molecule has 1 fully saturated rings. The van der Waals surface area contributed by atoms with Gasteiger partial charge in [0.15, 0.2) is 15.7 Å². The van der Waals surface area contributed by atoms with Crippen molar-refractivity contribution < 1.29 is 17.6 Å². The first-order valence-corrected chi connectivity index (χ1v) is 15.3. The summed E-state index contributed by atoms with van der Waals surface area (Å²) < 4.78 is 38.8. The number of rotatable bonds is 8. The summed E-state index contributed by atoms with van der Waals surface area (Å²) >= 11 is 0. The lowest BCUT2D eigenvalue weighted by atomic mass is 10.1. The Kier molecular flexibility index (Phi) is 8.11. The average Bonchev–Trinajstić information content (AvgIpc) is 3.37. The van der Waals surface area contributed by atoms with E-state index >= 15 is 0 Å². The number of amides is 1. The van der Waals surface area contributed by atoms with E-state index in [0.717, 1.165) is 49.1 Å². The van der Waals surface area contributed by atoms with Crippen LogP contribution in [0.5, 0.6) is 0 Å². The fraction of sp³-hybridized carbons (Fsp3) is 0.393. The number of nitrogens with one attached hydrogen (secondary N) is 2. The molecule has 2 aromatic heterocycles. The molecule has 41 heavy (non-hydrogen) atoms. The molecule has 3 aromatic rings. The number of sulfone groups is 1. The van der Waals surface area contributed by atoms with Gasteiger partial charge >= 0.3 is 0 Å². The summed E-state index contributed by atoms with van der Waals surface area (Å²) in [7, 11) is -1.67. The molecule has 1 aromatic carbocycles. The second kappa shape index (κ2) is 11.6. The minimum Gasteiger partial charge on any atom is -0.322 e. The fourth-order valence-corrected chi connectivity index (χ4v) is 5.95. The molecule has 1 amide bonds. The molecule has 1 saturated heterocycles. The SMILES string of the molecule is CCC(C(=O)Nc1ncnc2c1CC=C2c1nc(Nc2cccc(S(C)(=O)=O)c2F)ncc1C)N1CCN(C)CC1. The molecule has 5 rings (SSSR count). The van der Waals surface area contributed by atoms with E-state index in [1.54, 1.807) is 6.20 Å². The number of halogens is 1. The van der Waals surface area contributed by atoms with Crippen LogP contribution in [0.25, 0.3) is 5.57 Å². The molecule has 1 atom stereocenters. The van der Waals surface area contributed by atoms with Crippen molar-refractivity contribution in [1.29, 1.82) is 0 Å². The van der Waals surface area contributed by atoms with Gasteiger partial charge in [-0.3, -0.25) is 9.69 Å². The summed E-state index contributed by atoms with van der Waals surface area (Å²) in [6.07, 6.45) is 7.14. The largest absolute Gasteiger partial charge is 0.322 e. The summed E-state index contributed by atoms with van der Waals surface area (Å²) in [5.74, 6) is -0.413. The van der Waals surface area contributed by atoms with Crippen molar-refractivity contribution in [2.45, 2.75) is 37.6 Å². The zero-order chi connectivity index (χ0) is 29.3. The zero-order valence-electron chi connectivity index (χ0n) is 23.5. The number of hydrogen-bond acceptors (Lipinski definition) is 10. The Morgan fingerprint density at radius 1 is 1.12 bits per heavy atom. The summed E-state index contributed by atoms with van der Waals surface area (Å²) in [6, 6.07) is 3.83. The molecular formula is C28H33FN8O3S. The monoisotopic (exact) mass is 580 g/mol. The van der Waals surface area contributed by atoms with Gasteiger partial charge in [0.05, 0.1) is 23.1 Å². The molecule has 0 radical (unpaired) electrons. The highest BCUT2D eigenvalue weighted by Crippen LogP contribution is 2.35. The van der Waals surface area contributed by atoms with E-state index in [9.17, 15) is 17.6 Å². The van der Waals surface area contributed by atoms with Crippen LogP contribution in [-0.2, 0) is 21.1 Å². The van der Waals surface area contributed by atoms with E-state index in [1.165, 1.54) is 24.5 Å². The Balaban J connectivity index is 1.38. The minimum absolute atomic E-state index is 0.0540. The van der Waals surface area contributed by atoms with Gasteiger partial charge in [0.2, 0.25) is 11.9 Å². The Bertz CT molecular complexity index is 1620. The number of benzene rings is 1. The first-order chi connectivity index (χ1) is 19.6. The molecule has 1 aliphatic carbocycles. The lowest BCUT2D eigenvalue weighted by Crippen LogP contribution is -2.52. The van der Waals surface area contributed by atoms with Crippen molar-refractivity contribution in [3.05, 3.63) is 65.1 Å². The first-order valence-electron chi connectivity index (χ1n) is 13.4. The van der Waals surface area contributed by atoms with E-state index in [-0.39, 0.29) is 23.6 Å². The Morgan fingerprint density at radius 2 is 1.88 bits per heavy atom. The number of likely N-dealkylation sites (N-methyl/N-ethyl adjacent to an activating group) is 1. The molecule has 0 bridgehead atoms. The third-order valence-corrected chi connectivity index (χ3v) is 8.57. The number of anilines is 3. The maximum Gasteiger partial charge on any atom is 0.242 e. The van der Waals surface area contributed by atoms with Crippen LogP contribution < -0.4 is 10.6 Å². The van der Waals surface area contributed by atoms with Gasteiger partial charge in [-0.15, -0.1) is 0 Å². The molecule has 2 N–H and O–H groups in total. The van der Waals surface area contributed by atoms with Crippen LogP contribution >= 0.6 is 0 Å². The number of carbonyl (C=O) groups is 1. The van der Waals surface area contributed by atoms with Crippen molar-refractivity contribution in [3.8, 4) is 0 Å². The highest BCUT2D eigenvalue weighted by Gasteiger charge is 2.29. The smallest absolute Gasteiger partial charge is 0.242 e. The second-order valence-corrected chi connectivity index (χ2v) is 12.3. The van der Waals surface area contributed by atoms with Gasteiger partial charge in [-0.25, -0.2) is 32.7 Å². The van der Waals surface area contributed by atoms with E-state index in [1.807, 2.05) is 19.9 Å². The van der Waals surface area contributed by atoms with Gasteiger partial charge in [0, 0.05) is 49.8 Å². The lowest BCUT2D eigenvalue weighted by molar-refractivity contribution is -0.122. The highest BCUT2D eigenvalue weighted by molar-refractivity contribution is 7.90. The molecule has 13 heteroatoms. The maximum atomic E-state index is 14.9. The lowest BCUT2D eigenvalue weighted by Gasteiger charge is -2.36. The maximum absolute atomic E-state index is 14.9. The zero-order valence-corrected chi connectivity index (χ0v) is 24.3. The van der Waals surface area contributed by atoms with Crippen LogP contribution in [0.2, 0.25) is 0 Å². The third kappa shape index (κ3) is 5.97. The highest BCUT2D eigenvalue weighted by atomic mass is 32.2. The van der Waals surface area contributed by atoms with Gasteiger partial charge in [-0.05, 0) is 44.5 Å². The number of piperazine rings is 1. The van der Waals surface area contributed by atoms with Crippen LogP contribution in [0.4, 0.5) is 21.8 Å². The van der Waals surface area contributed by atoms with E-state index in [2.05, 4.69) is 47.4 Å². The van der Waals surface area contributed by atoms with Gasteiger partial charge < -0.3 is 15.5 Å². The number of carbonyl (C=O) groups excluding carboxylic acids is 1. The van der Waals surface area contributed by atoms with Gasteiger partial charge in [-0.2, -0.15) is 0 Å². The number of fused-ring (bicyclic) bond motifs is 1. The van der Waals surface area contributed by atoms with E-state index in [0.29, 0.717) is 30.0 Å². The van der Waals surface area contributed by atoms with Crippen molar-refractivity contribution in [2.24, 2.45) is 0 Å². The Morgan fingerprint density at radius 3 is 2.59 bits per heavy atom. The molecular weight excluding hydrogens is 547 g/mol. The summed E-state index contributed by atoms with van der Waals surface area (Å²) in [5.41, 5.74) is 3.49. The van der Waals surface area contributed by atoms with Crippen LogP contribution in [0, 0.1) is 12.7 Å². The summed E-state index contributed by atoms with van der Waals surface area (Å²) in [5, 5.41) is 5.85. The van der Waals surface area contributed by atoms with Crippen LogP contribution in [0.15, 0.2) is 41.7 Å². The van der Waals surface area contributed by atoms with Gasteiger partial charge in [0.25, 0.3) is 0 Å². The minimum atomic E-state index is -3.75. The topological polar surface area (TPSA) is 133 Å². The average molecular weight is 581 g/mol. The van der Waals surface area contributed by atoms with Crippen molar-refractivity contribution in [1.82, 2.24) is 29.7 Å². The second-order valence-electron chi connectivity index (χ2n) is 10.4. The van der Waals surface area contributed by atoms with Crippen molar-refractivity contribution in [2.75, 3.05) is 50.1 Å². The number of hydrogen-bond donors (Lipinski definition) is 2. The Hall–Kier alpha value is -3.81. The summed E-state index contributed by atoms with van der Waals surface area (Å²) in [4.78, 5) is 35.2. The molecule has 1 aliphatic heterocycles. The summed E-state index contributed by atoms with van der Waals surface area (Å²) in [6.45, 7) is 7.38. The predicted molar refractivity (Wildman–Crippen MR) is 154 cm³/mol. The molecule has 0 saturated carbocycles. The molecule has 216 valence electrons. The normalized spacial score (nSPS) is 16.7. The van der Waals surface area contributed by atoms with Crippen molar-refractivity contribution >= 4 is 38.8 Å². The van der Waals surface area contributed by atoms with E-state index in [4.69, 9.17) is 0 Å². The number of aromatic nitrogens is 4. The molecule has 11 nitrogen and oxygen atoms in total. The molecule has 1 unspecified atom stereocenters. The van der Waals surface area contributed by atoms with E-state index < -0.39 is 20.5 Å². The molecule has 0 spiro atoms. The van der Waals surface area contributed by atoms with Gasteiger partial charge in [0.1, 0.15) is 17.0 Å². The third-order valence-electron chi connectivity index (χ3n) is 7.46. The standard InChI is InChI=1S/C28H33FN8O3S/c1-5-21(37-13-11-36(3)12-14-37)27(38)35-26-19-10-9-18(25(19)31-16-32-26)24-17(2)15-30-28(34-24)33-20-7-6-8-22(23(20)29)41(4,39)40/h6-9,15-16,21H,5,10-14H2,1-4H3,(H,30,33,34)(H,31,32,35,38). The predicted octanol–water partition coefficient (Wildman–Crippen LogP) is 2.81. The van der Waals surface area contributed by atoms with Gasteiger partial charge in [-0.1, -0.05) is 19.1 Å². The van der Waals surface area contributed by atoms with Crippen LogP contribution in [0.1, 0.15) is 35.9 Å². The quantitative estimate of drug-likeness (QED) is 0.410. The molecule has 2 aliphatic rings. The molecule has 3 heterocycles. The number of allylic oxidation sites excluding steroid dienone is 1. The Labute approximate surface area is 238 Å². The number of nitrogens with zero attached hydrogens (tertiary/aromatic N) is 6. The van der Waals surface area contributed by atoms with Crippen LogP contribution in [0.3, 0.4) is 0 Å². The fourth-order valence-electron chi connectivity index (χ4n) is 5.19. The first kappa shape index (κ1) is 28.7.